The van der Waals surface area contributed by atoms with Crippen LogP contribution in [0.2, 0.25) is 0 Å². The van der Waals surface area contributed by atoms with Crippen LogP contribution in [0.4, 0.5) is 0 Å². The molecular formula is C16H25ClN2O2. The molecule has 1 heterocycles. The Kier molecular flexibility index (Phi) is 6.65. The van der Waals surface area contributed by atoms with Crippen molar-refractivity contribution in [1.82, 2.24) is 4.90 Å². The van der Waals surface area contributed by atoms with Gasteiger partial charge < -0.3 is 15.4 Å². The van der Waals surface area contributed by atoms with Crippen LogP contribution < -0.4 is 5.73 Å². The molecule has 0 unspecified atom stereocenters. The number of hydrogen-bond donors (Lipinski definition) is 1. The fourth-order valence-electron chi connectivity index (χ4n) is 2.58. The van der Waals surface area contributed by atoms with Gasteiger partial charge >= 0.3 is 0 Å². The molecule has 1 aromatic rings. The van der Waals surface area contributed by atoms with Gasteiger partial charge in [0, 0.05) is 26.3 Å². The molecule has 0 atom stereocenters. The van der Waals surface area contributed by atoms with Crippen molar-refractivity contribution in [1.29, 1.82) is 0 Å². The van der Waals surface area contributed by atoms with Crippen LogP contribution in [0.3, 0.4) is 0 Å². The van der Waals surface area contributed by atoms with Crippen LogP contribution in [0.5, 0.6) is 0 Å². The summed E-state index contributed by atoms with van der Waals surface area (Å²) < 4.78 is 5.32. The molecule has 1 aliphatic rings. The van der Waals surface area contributed by atoms with E-state index < -0.39 is 5.54 Å². The van der Waals surface area contributed by atoms with Crippen molar-refractivity contribution in [2.45, 2.75) is 38.8 Å². The summed E-state index contributed by atoms with van der Waals surface area (Å²) in [5, 5.41) is 0. The van der Waals surface area contributed by atoms with E-state index in [4.69, 9.17) is 10.5 Å². The van der Waals surface area contributed by atoms with Gasteiger partial charge in [0.05, 0.1) is 5.54 Å². The van der Waals surface area contributed by atoms with E-state index in [0.29, 0.717) is 39.1 Å². The summed E-state index contributed by atoms with van der Waals surface area (Å²) in [4.78, 5) is 14.6. The Morgan fingerprint density at radius 3 is 2.52 bits per heavy atom. The van der Waals surface area contributed by atoms with E-state index in [1.165, 1.54) is 11.1 Å². The topological polar surface area (TPSA) is 55.6 Å². The van der Waals surface area contributed by atoms with Crippen LogP contribution >= 0.6 is 12.4 Å². The molecule has 0 bridgehead atoms. The third-order valence-electron chi connectivity index (χ3n) is 4.10. The quantitative estimate of drug-likeness (QED) is 0.928. The van der Waals surface area contributed by atoms with E-state index in [9.17, 15) is 4.79 Å². The number of nitrogens with two attached hydrogens (primary N) is 1. The summed E-state index contributed by atoms with van der Waals surface area (Å²) in [6, 6.07) is 8.16. The number of aryl methyl sites for hydroxylation is 1. The maximum Gasteiger partial charge on any atom is 0.243 e. The number of likely N-dealkylation sites (N-methyl/N-ethyl adjacent to an activating group) is 1. The van der Waals surface area contributed by atoms with Crippen LogP contribution in [0.15, 0.2) is 24.3 Å². The molecule has 0 radical (unpaired) electrons. The molecule has 1 aliphatic heterocycles. The number of amides is 1. The minimum Gasteiger partial charge on any atom is -0.381 e. The van der Waals surface area contributed by atoms with Gasteiger partial charge in [0.15, 0.2) is 0 Å². The first kappa shape index (κ1) is 18.0. The summed E-state index contributed by atoms with van der Waals surface area (Å²) in [5.41, 5.74) is 7.93. The summed E-state index contributed by atoms with van der Waals surface area (Å²) in [5.74, 6) is 0.0477. The third kappa shape index (κ3) is 4.19. The maximum absolute atomic E-state index is 12.7. The van der Waals surface area contributed by atoms with Gasteiger partial charge in [-0.1, -0.05) is 24.3 Å². The number of nitrogens with zero attached hydrogens (tertiary/aromatic N) is 1. The highest BCUT2D eigenvalue weighted by molar-refractivity contribution is 5.86. The Morgan fingerprint density at radius 2 is 1.95 bits per heavy atom. The lowest BCUT2D eigenvalue weighted by Gasteiger charge is -2.36. The fraction of sp³-hybridized carbons (Fsp3) is 0.562. The Labute approximate surface area is 133 Å². The maximum atomic E-state index is 12.7. The van der Waals surface area contributed by atoms with Gasteiger partial charge in [-0.05, 0) is 37.8 Å². The molecule has 0 aliphatic carbocycles. The average molecular weight is 313 g/mol. The second-order valence-corrected chi connectivity index (χ2v) is 5.51. The molecule has 1 aromatic carbocycles. The monoisotopic (exact) mass is 312 g/mol. The molecule has 0 saturated carbocycles. The number of ether oxygens (including phenoxy) is 1. The molecule has 118 valence electrons. The van der Waals surface area contributed by atoms with Crippen molar-refractivity contribution < 1.29 is 9.53 Å². The predicted molar refractivity (Wildman–Crippen MR) is 86.5 cm³/mol. The second kappa shape index (κ2) is 7.78. The Hall–Kier alpha value is -1.10. The molecule has 2 N–H and O–H groups in total. The standard InChI is InChI=1S/C16H24N2O2.ClH/c1-3-18(12-14-7-5-4-6-13(14)2)15(19)16(17)8-10-20-11-9-16;/h4-7H,3,8-12,17H2,1-2H3;1H. The highest BCUT2D eigenvalue weighted by Gasteiger charge is 2.38. The molecule has 1 fully saturated rings. The summed E-state index contributed by atoms with van der Waals surface area (Å²) in [6.45, 7) is 6.52. The van der Waals surface area contributed by atoms with Crippen LogP contribution in [-0.2, 0) is 16.1 Å². The van der Waals surface area contributed by atoms with Gasteiger partial charge in [0.25, 0.3) is 0 Å². The van der Waals surface area contributed by atoms with E-state index in [2.05, 4.69) is 19.1 Å². The number of benzene rings is 1. The highest BCUT2D eigenvalue weighted by atomic mass is 35.5. The molecule has 1 saturated heterocycles. The summed E-state index contributed by atoms with van der Waals surface area (Å²) in [6.07, 6.45) is 1.21. The van der Waals surface area contributed by atoms with Crippen LogP contribution in [0.25, 0.3) is 0 Å². The first-order chi connectivity index (χ1) is 9.57. The van der Waals surface area contributed by atoms with E-state index in [0.717, 1.165) is 0 Å². The normalized spacial score (nSPS) is 16.9. The van der Waals surface area contributed by atoms with Gasteiger partial charge in [0.1, 0.15) is 0 Å². The Morgan fingerprint density at radius 1 is 1.33 bits per heavy atom. The smallest absolute Gasteiger partial charge is 0.243 e. The molecule has 4 nitrogen and oxygen atoms in total. The predicted octanol–water partition coefficient (Wildman–Crippen LogP) is 2.27. The van der Waals surface area contributed by atoms with Crippen LogP contribution in [0, 0.1) is 6.92 Å². The lowest BCUT2D eigenvalue weighted by Crippen LogP contribution is -2.57. The van der Waals surface area contributed by atoms with E-state index in [1.807, 2.05) is 24.0 Å². The fourth-order valence-corrected chi connectivity index (χ4v) is 2.58. The Bertz CT molecular complexity index is 473. The van der Waals surface area contributed by atoms with Crippen molar-refractivity contribution in [3.63, 3.8) is 0 Å². The average Bonchev–Trinajstić information content (AvgIpc) is 2.46. The van der Waals surface area contributed by atoms with Gasteiger partial charge in [-0.25, -0.2) is 0 Å². The second-order valence-electron chi connectivity index (χ2n) is 5.51. The first-order valence-corrected chi connectivity index (χ1v) is 7.27. The number of halogens is 1. The van der Waals surface area contributed by atoms with E-state index in [1.54, 1.807) is 0 Å². The minimum absolute atomic E-state index is 0. The minimum atomic E-state index is -0.753. The van der Waals surface area contributed by atoms with Crippen molar-refractivity contribution in [2.75, 3.05) is 19.8 Å². The van der Waals surface area contributed by atoms with Crippen molar-refractivity contribution >= 4 is 18.3 Å². The largest absolute Gasteiger partial charge is 0.381 e. The lowest BCUT2D eigenvalue weighted by molar-refractivity contribution is -0.141. The number of rotatable bonds is 4. The van der Waals surface area contributed by atoms with Crippen molar-refractivity contribution in [2.24, 2.45) is 5.73 Å². The molecule has 21 heavy (non-hydrogen) atoms. The van der Waals surface area contributed by atoms with Gasteiger partial charge in [-0.3, -0.25) is 4.79 Å². The van der Waals surface area contributed by atoms with Gasteiger partial charge in [0.2, 0.25) is 5.91 Å². The zero-order chi connectivity index (χ0) is 14.6. The summed E-state index contributed by atoms with van der Waals surface area (Å²) >= 11 is 0. The Balaban J connectivity index is 0.00000220. The number of carbonyl (C=O) groups excluding carboxylic acids is 1. The van der Waals surface area contributed by atoms with Crippen LogP contribution in [0.1, 0.15) is 30.9 Å². The highest BCUT2D eigenvalue weighted by Crippen LogP contribution is 2.22. The molecule has 5 heteroatoms. The molecule has 2 rings (SSSR count). The lowest BCUT2D eigenvalue weighted by atomic mass is 9.89. The van der Waals surface area contributed by atoms with E-state index in [-0.39, 0.29) is 18.3 Å². The number of carbonyl (C=O) groups is 1. The first-order valence-electron chi connectivity index (χ1n) is 7.27. The third-order valence-corrected chi connectivity index (χ3v) is 4.10. The zero-order valence-electron chi connectivity index (χ0n) is 12.8. The van der Waals surface area contributed by atoms with Gasteiger partial charge in [-0.2, -0.15) is 0 Å². The number of hydrogen-bond acceptors (Lipinski definition) is 3. The van der Waals surface area contributed by atoms with Gasteiger partial charge in [-0.15, -0.1) is 12.4 Å². The van der Waals surface area contributed by atoms with E-state index >= 15 is 0 Å². The van der Waals surface area contributed by atoms with Crippen molar-refractivity contribution in [3.05, 3.63) is 35.4 Å². The summed E-state index contributed by atoms with van der Waals surface area (Å²) in [7, 11) is 0. The van der Waals surface area contributed by atoms with Crippen LogP contribution in [-0.4, -0.2) is 36.1 Å². The molecule has 0 spiro atoms. The molecule has 1 amide bonds. The molecular weight excluding hydrogens is 288 g/mol. The zero-order valence-corrected chi connectivity index (χ0v) is 13.6. The SMILES string of the molecule is CCN(Cc1ccccc1C)C(=O)C1(N)CCOCC1.Cl. The molecule has 0 aromatic heterocycles. The van der Waals surface area contributed by atoms with Crippen molar-refractivity contribution in [3.8, 4) is 0 Å².